The third-order valence-corrected chi connectivity index (χ3v) is 3.71. The van der Waals surface area contributed by atoms with Gasteiger partial charge in [-0.15, -0.1) is 11.3 Å². The maximum Gasteiger partial charge on any atom is 0.270 e. The molecule has 3 rings (SSSR count). The average molecular weight is 283 g/mol. The summed E-state index contributed by atoms with van der Waals surface area (Å²) in [6.45, 7) is 3.84. The third-order valence-electron chi connectivity index (χ3n) is 2.65. The highest BCUT2D eigenvalue weighted by Gasteiger charge is 2.16. The van der Waals surface area contributed by atoms with E-state index in [0.717, 1.165) is 15.6 Å². The summed E-state index contributed by atoms with van der Waals surface area (Å²) in [6, 6.07) is 5.37. The molecule has 20 heavy (non-hydrogen) atoms. The van der Waals surface area contributed by atoms with Gasteiger partial charge in [0.1, 0.15) is 16.6 Å². The van der Waals surface area contributed by atoms with Crippen molar-refractivity contribution in [2.75, 3.05) is 0 Å². The fourth-order valence-corrected chi connectivity index (χ4v) is 2.58. The standard InChI is InChI=1S/C13H9N5OS/c1-7-11(20-8(2)16-7)13-17-12(18-19-13)10-4-3-9(5-14)6-15-10/h3-4,6H,1-2H3. The lowest BCUT2D eigenvalue weighted by molar-refractivity contribution is 0.432. The summed E-state index contributed by atoms with van der Waals surface area (Å²) in [5.41, 5.74) is 1.93. The molecule has 0 bridgehead atoms. The van der Waals surface area contributed by atoms with Crippen molar-refractivity contribution >= 4 is 11.3 Å². The largest absolute Gasteiger partial charge is 0.333 e. The molecule has 0 aliphatic heterocycles. The quantitative estimate of drug-likeness (QED) is 0.718. The number of nitriles is 1. The molecular formula is C13H9N5OS. The second-order valence-corrected chi connectivity index (χ2v) is 5.32. The Bertz CT molecular complexity index is 797. The number of rotatable bonds is 2. The minimum atomic E-state index is 0.398. The molecule has 0 saturated carbocycles. The van der Waals surface area contributed by atoms with Crippen LogP contribution >= 0.6 is 11.3 Å². The molecule has 0 aliphatic carbocycles. The van der Waals surface area contributed by atoms with E-state index in [2.05, 4.69) is 20.1 Å². The second kappa shape index (κ2) is 4.83. The molecule has 0 fully saturated rings. The van der Waals surface area contributed by atoms with Crippen LogP contribution in [0.25, 0.3) is 22.3 Å². The van der Waals surface area contributed by atoms with E-state index >= 15 is 0 Å². The van der Waals surface area contributed by atoms with Crippen LogP contribution in [-0.2, 0) is 0 Å². The maximum absolute atomic E-state index is 8.74. The lowest BCUT2D eigenvalue weighted by atomic mass is 10.2. The van der Waals surface area contributed by atoms with E-state index in [1.807, 2.05) is 19.9 Å². The third kappa shape index (κ3) is 2.17. The van der Waals surface area contributed by atoms with E-state index in [1.54, 1.807) is 12.1 Å². The number of pyridine rings is 1. The van der Waals surface area contributed by atoms with Crippen molar-refractivity contribution in [3.05, 3.63) is 34.6 Å². The lowest BCUT2D eigenvalue weighted by Crippen LogP contribution is -1.86. The fourth-order valence-electron chi connectivity index (χ4n) is 1.74. The number of aromatic nitrogens is 4. The number of nitrogens with zero attached hydrogens (tertiary/aromatic N) is 5. The van der Waals surface area contributed by atoms with Crippen molar-refractivity contribution in [1.82, 2.24) is 20.1 Å². The van der Waals surface area contributed by atoms with Gasteiger partial charge in [-0.2, -0.15) is 10.2 Å². The molecule has 3 heterocycles. The highest BCUT2D eigenvalue weighted by atomic mass is 32.1. The van der Waals surface area contributed by atoms with Gasteiger partial charge in [-0.3, -0.25) is 4.98 Å². The zero-order valence-electron chi connectivity index (χ0n) is 10.8. The summed E-state index contributed by atoms with van der Waals surface area (Å²) in [5, 5.41) is 13.6. The molecule has 7 heteroatoms. The van der Waals surface area contributed by atoms with E-state index in [1.165, 1.54) is 17.5 Å². The van der Waals surface area contributed by atoms with Gasteiger partial charge in [-0.05, 0) is 26.0 Å². The van der Waals surface area contributed by atoms with E-state index in [9.17, 15) is 0 Å². The van der Waals surface area contributed by atoms with Crippen LogP contribution in [0.15, 0.2) is 22.9 Å². The number of thiazole rings is 1. The fraction of sp³-hybridized carbons (Fsp3) is 0.154. The predicted octanol–water partition coefficient (Wildman–Crippen LogP) is 2.74. The molecule has 0 radical (unpaired) electrons. The molecule has 0 atom stereocenters. The van der Waals surface area contributed by atoms with Gasteiger partial charge in [0.15, 0.2) is 0 Å². The summed E-state index contributed by atoms with van der Waals surface area (Å²) < 4.78 is 5.26. The summed E-state index contributed by atoms with van der Waals surface area (Å²) in [7, 11) is 0. The minimum Gasteiger partial charge on any atom is -0.333 e. The second-order valence-electron chi connectivity index (χ2n) is 4.11. The summed E-state index contributed by atoms with van der Waals surface area (Å²) in [6.07, 6.45) is 1.48. The van der Waals surface area contributed by atoms with Crippen LogP contribution in [0.2, 0.25) is 0 Å². The summed E-state index contributed by atoms with van der Waals surface area (Å²) in [4.78, 5) is 13.7. The average Bonchev–Trinajstić information content (AvgIpc) is 3.05. The Labute approximate surface area is 118 Å². The van der Waals surface area contributed by atoms with Gasteiger partial charge in [0, 0.05) is 6.20 Å². The topological polar surface area (TPSA) is 88.5 Å². The van der Waals surface area contributed by atoms with Crippen LogP contribution in [0, 0.1) is 25.2 Å². The Morgan fingerprint density at radius 1 is 1.25 bits per heavy atom. The molecule has 3 aromatic heterocycles. The Hall–Kier alpha value is -2.59. The van der Waals surface area contributed by atoms with E-state index in [-0.39, 0.29) is 0 Å². The summed E-state index contributed by atoms with van der Waals surface area (Å²) >= 11 is 1.51. The van der Waals surface area contributed by atoms with Crippen molar-refractivity contribution in [1.29, 1.82) is 5.26 Å². The molecule has 0 unspecified atom stereocenters. The number of aryl methyl sites for hydroxylation is 2. The first-order valence-corrected chi connectivity index (χ1v) is 6.63. The van der Waals surface area contributed by atoms with Crippen molar-refractivity contribution < 1.29 is 4.52 Å². The summed E-state index contributed by atoms with van der Waals surface area (Å²) in [5.74, 6) is 0.837. The van der Waals surface area contributed by atoms with E-state index in [0.29, 0.717) is 23.0 Å². The normalized spacial score (nSPS) is 10.4. The molecule has 98 valence electrons. The maximum atomic E-state index is 8.74. The van der Waals surface area contributed by atoms with Gasteiger partial charge in [0.25, 0.3) is 5.89 Å². The van der Waals surface area contributed by atoms with Crippen LogP contribution in [0.4, 0.5) is 0 Å². The smallest absolute Gasteiger partial charge is 0.270 e. The van der Waals surface area contributed by atoms with Gasteiger partial charge in [-0.25, -0.2) is 4.98 Å². The van der Waals surface area contributed by atoms with Crippen LogP contribution in [0.1, 0.15) is 16.3 Å². The van der Waals surface area contributed by atoms with E-state index < -0.39 is 0 Å². The molecule has 6 nitrogen and oxygen atoms in total. The first kappa shape index (κ1) is 12.4. The molecule has 0 saturated heterocycles. The molecular weight excluding hydrogens is 274 g/mol. The highest BCUT2D eigenvalue weighted by Crippen LogP contribution is 2.29. The van der Waals surface area contributed by atoms with Gasteiger partial charge in [0.2, 0.25) is 5.82 Å². The molecule has 0 aromatic carbocycles. The molecule has 0 spiro atoms. The zero-order valence-corrected chi connectivity index (χ0v) is 11.6. The van der Waals surface area contributed by atoms with E-state index in [4.69, 9.17) is 9.78 Å². The minimum absolute atomic E-state index is 0.398. The highest BCUT2D eigenvalue weighted by molar-refractivity contribution is 7.15. The predicted molar refractivity (Wildman–Crippen MR) is 72.8 cm³/mol. The van der Waals surface area contributed by atoms with Gasteiger partial charge >= 0.3 is 0 Å². The first-order valence-electron chi connectivity index (χ1n) is 5.82. The van der Waals surface area contributed by atoms with Gasteiger partial charge in [0.05, 0.1) is 16.3 Å². The van der Waals surface area contributed by atoms with Crippen molar-refractivity contribution in [3.63, 3.8) is 0 Å². The SMILES string of the molecule is Cc1nc(C)c(-c2nc(-c3ccc(C#N)cn3)no2)s1. The molecule has 0 aliphatic rings. The first-order chi connectivity index (χ1) is 9.67. The molecule has 0 amide bonds. The number of hydrogen-bond acceptors (Lipinski definition) is 7. The van der Waals surface area contributed by atoms with Crippen LogP contribution < -0.4 is 0 Å². The lowest BCUT2D eigenvalue weighted by Gasteiger charge is -1.92. The van der Waals surface area contributed by atoms with Crippen LogP contribution in [-0.4, -0.2) is 20.1 Å². The van der Waals surface area contributed by atoms with Crippen molar-refractivity contribution in [3.8, 4) is 28.4 Å². The van der Waals surface area contributed by atoms with Crippen LogP contribution in [0.3, 0.4) is 0 Å². The van der Waals surface area contributed by atoms with Gasteiger partial charge < -0.3 is 4.52 Å². The van der Waals surface area contributed by atoms with Gasteiger partial charge in [-0.1, -0.05) is 5.16 Å². The van der Waals surface area contributed by atoms with Crippen molar-refractivity contribution in [2.24, 2.45) is 0 Å². The number of hydrogen-bond donors (Lipinski definition) is 0. The van der Waals surface area contributed by atoms with Crippen LogP contribution in [0.5, 0.6) is 0 Å². The molecule has 3 aromatic rings. The molecule has 0 N–H and O–H groups in total. The Kier molecular flexibility index (Phi) is 3.00. The zero-order chi connectivity index (χ0) is 14.1. The Balaban J connectivity index is 1.97. The Morgan fingerprint density at radius 3 is 2.70 bits per heavy atom. The Morgan fingerprint density at radius 2 is 2.10 bits per heavy atom. The van der Waals surface area contributed by atoms with Crippen molar-refractivity contribution in [2.45, 2.75) is 13.8 Å². The monoisotopic (exact) mass is 283 g/mol.